The number of carbonyl (C=O) groups is 1. The van der Waals surface area contributed by atoms with Gasteiger partial charge in [0.25, 0.3) is 0 Å². The number of hydrogen-bond acceptors (Lipinski definition) is 3. The van der Waals surface area contributed by atoms with Crippen molar-refractivity contribution in [3.05, 3.63) is 22.2 Å². The van der Waals surface area contributed by atoms with Crippen LogP contribution in [-0.4, -0.2) is 20.0 Å². The molecule has 0 spiro atoms. The second-order valence-corrected chi connectivity index (χ2v) is 4.91. The Morgan fingerprint density at radius 1 is 1.33 bits per heavy atom. The predicted octanol–water partition coefficient (Wildman–Crippen LogP) is 3.61. The fraction of sp³-hybridized carbons (Fsp3) is 0.500. The summed E-state index contributed by atoms with van der Waals surface area (Å²) < 4.78 is 10.6. The molecule has 0 bridgehead atoms. The highest BCUT2D eigenvalue weighted by Gasteiger charge is 2.20. The van der Waals surface area contributed by atoms with Gasteiger partial charge in [0.2, 0.25) is 0 Å². The molecule has 0 saturated carbocycles. The molecule has 0 aliphatic heterocycles. The zero-order valence-corrected chi connectivity index (χ0v) is 12.2. The molecular weight excluding hydrogens is 252 g/mol. The maximum Gasteiger partial charge on any atom is 0.165 e. The summed E-state index contributed by atoms with van der Waals surface area (Å²) in [6.45, 7) is 5.62. The smallest absolute Gasteiger partial charge is 0.165 e. The number of Topliss-reactive ketones (excluding diaryl/α,β-unsaturated/α-hetero) is 1. The van der Waals surface area contributed by atoms with E-state index in [1.165, 1.54) is 6.92 Å². The zero-order chi connectivity index (χ0) is 13.9. The molecule has 1 rings (SSSR count). The molecule has 0 atom stereocenters. The van der Waals surface area contributed by atoms with Gasteiger partial charge in [-0.3, -0.25) is 4.79 Å². The van der Waals surface area contributed by atoms with Crippen molar-refractivity contribution < 1.29 is 14.3 Å². The molecule has 1 aromatic carbocycles. The van der Waals surface area contributed by atoms with Crippen LogP contribution >= 0.6 is 11.6 Å². The van der Waals surface area contributed by atoms with Gasteiger partial charge in [-0.1, -0.05) is 25.4 Å². The minimum Gasteiger partial charge on any atom is -0.493 e. The summed E-state index contributed by atoms with van der Waals surface area (Å²) in [7, 11) is 3.13. The van der Waals surface area contributed by atoms with E-state index in [1.54, 1.807) is 14.2 Å². The number of methoxy groups -OCH3 is 2. The highest BCUT2D eigenvalue weighted by Crippen LogP contribution is 2.41. The van der Waals surface area contributed by atoms with Crippen molar-refractivity contribution in [1.29, 1.82) is 0 Å². The SMILES string of the molecule is COc1cc(C(C)C)c(Cl)c(CC(C)=O)c1OC. The van der Waals surface area contributed by atoms with E-state index in [4.69, 9.17) is 21.1 Å². The Morgan fingerprint density at radius 3 is 2.33 bits per heavy atom. The predicted molar refractivity (Wildman–Crippen MR) is 73.0 cm³/mol. The first kappa shape index (κ1) is 14.8. The molecule has 1 aromatic rings. The number of halogens is 1. The van der Waals surface area contributed by atoms with Crippen molar-refractivity contribution in [2.24, 2.45) is 0 Å². The second kappa shape index (κ2) is 6.10. The molecule has 4 heteroatoms. The van der Waals surface area contributed by atoms with E-state index >= 15 is 0 Å². The summed E-state index contributed by atoms with van der Waals surface area (Å²) in [4.78, 5) is 11.4. The summed E-state index contributed by atoms with van der Waals surface area (Å²) in [6.07, 6.45) is 0.249. The van der Waals surface area contributed by atoms with Gasteiger partial charge in [0.15, 0.2) is 11.5 Å². The van der Waals surface area contributed by atoms with E-state index in [1.807, 2.05) is 19.9 Å². The minimum absolute atomic E-state index is 0.0400. The fourth-order valence-electron chi connectivity index (χ4n) is 1.90. The molecule has 0 aliphatic rings. The van der Waals surface area contributed by atoms with Gasteiger partial charge in [-0.2, -0.15) is 0 Å². The molecule has 0 heterocycles. The van der Waals surface area contributed by atoms with Crippen LogP contribution in [0.5, 0.6) is 11.5 Å². The third-order valence-electron chi connectivity index (χ3n) is 2.77. The molecule has 0 N–H and O–H groups in total. The van der Waals surface area contributed by atoms with Gasteiger partial charge in [-0.25, -0.2) is 0 Å². The van der Waals surface area contributed by atoms with Gasteiger partial charge in [0.1, 0.15) is 5.78 Å². The standard InChI is InChI=1S/C14H19ClO3/c1-8(2)10-7-12(17-4)14(18-5)11(13(10)15)6-9(3)16/h7-8H,6H2,1-5H3. The molecule has 18 heavy (non-hydrogen) atoms. The van der Waals surface area contributed by atoms with Gasteiger partial charge in [-0.05, 0) is 24.5 Å². The maximum absolute atomic E-state index is 11.4. The van der Waals surface area contributed by atoms with Crippen LogP contribution in [-0.2, 0) is 11.2 Å². The van der Waals surface area contributed by atoms with Crippen molar-refractivity contribution in [2.75, 3.05) is 14.2 Å². The van der Waals surface area contributed by atoms with E-state index in [9.17, 15) is 4.79 Å². The Labute approximate surface area is 113 Å². The molecule has 0 radical (unpaired) electrons. The van der Waals surface area contributed by atoms with Crippen LogP contribution in [0.25, 0.3) is 0 Å². The minimum atomic E-state index is 0.0400. The lowest BCUT2D eigenvalue weighted by Crippen LogP contribution is -2.05. The van der Waals surface area contributed by atoms with Crippen LogP contribution in [0, 0.1) is 0 Å². The lowest BCUT2D eigenvalue weighted by Gasteiger charge is -2.18. The van der Waals surface area contributed by atoms with Crippen LogP contribution in [0.4, 0.5) is 0 Å². The van der Waals surface area contributed by atoms with E-state index in [2.05, 4.69) is 0 Å². The van der Waals surface area contributed by atoms with Gasteiger partial charge >= 0.3 is 0 Å². The Kier molecular flexibility index (Phi) is 5.03. The number of ether oxygens (including phenoxy) is 2. The topological polar surface area (TPSA) is 35.5 Å². The van der Waals surface area contributed by atoms with Crippen molar-refractivity contribution >= 4 is 17.4 Å². The Balaban J connectivity index is 3.50. The number of ketones is 1. The van der Waals surface area contributed by atoms with Gasteiger partial charge in [-0.15, -0.1) is 0 Å². The number of hydrogen-bond donors (Lipinski definition) is 0. The average Bonchev–Trinajstić information content (AvgIpc) is 2.30. The summed E-state index contributed by atoms with van der Waals surface area (Å²) in [5.74, 6) is 1.45. The maximum atomic E-state index is 11.4. The first-order valence-electron chi connectivity index (χ1n) is 5.85. The van der Waals surface area contributed by atoms with Gasteiger partial charge in [0.05, 0.1) is 19.2 Å². The lowest BCUT2D eigenvalue weighted by atomic mass is 9.97. The van der Waals surface area contributed by atoms with Gasteiger partial charge in [0, 0.05) is 12.0 Å². The third kappa shape index (κ3) is 2.96. The highest BCUT2D eigenvalue weighted by atomic mass is 35.5. The van der Waals surface area contributed by atoms with Crippen LogP contribution in [0.15, 0.2) is 6.07 Å². The first-order valence-corrected chi connectivity index (χ1v) is 6.22. The largest absolute Gasteiger partial charge is 0.493 e. The van der Waals surface area contributed by atoms with Crippen LogP contribution < -0.4 is 9.47 Å². The fourth-order valence-corrected chi connectivity index (χ4v) is 2.32. The molecular formula is C14H19ClO3. The molecule has 3 nitrogen and oxygen atoms in total. The van der Waals surface area contributed by atoms with E-state index in [0.717, 1.165) is 5.56 Å². The monoisotopic (exact) mass is 270 g/mol. The molecule has 0 unspecified atom stereocenters. The number of rotatable bonds is 5. The van der Waals surface area contributed by atoms with Crippen molar-refractivity contribution in [2.45, 2.75) is 33.1 Å². The summed E-state index contributed by atoms with van der Waals surface area (Å²) >= 11 is 6.37. The Morgan fingerprint density at radius 2 is 1.94 bits per heavy atom. The molecule has 0 fully saturated rings. The number of carbonyl (C=O) groups excluding carboxylic acids is 1. The Hall–Kier alpha value is -1.22. The lowest BCUT2D eigenvalue weighted by molar-refractivity contribution is -0.116. The first-order chi connectivity index (χ1) is 8.42. The Bertz CT molecular complexity index is 453. The average molecular weight is 271 g/mol. The molecule has 0 amide bonds. The van der Waals surface area contributed by atoms with Gasteiger partial charge < -0.3 is 9.47 Å². The number of benzene rings is 1. The molecule has 0 aromatic heterocycles. The van der Waals surface area contributed by atoms with E-state index < -0.39 is 0 Å². The van der Waals surface area contributed by atoms with Crippen molar-refractivity contribution in [1.82, 2.24) is 0 Å². The molecule has 0 aliphatic carbocycles. The van der Waals surface area contributed by atoms with Crippen LogP contribution in [0.3, 0.4) is 0 Å². The van der Waals surface area contributed by atoms with Crippen LogP contribution in [0.1, 0.15) is 37.8 Å². The van der Waals surface area contributed by atoms with E-state index in [0.29, 0.717) is 22.1 Å². The summed E-state index contributed by atoms with van der Waals surface area (Å²) in [6, 6.07) is 1.87. The normalized spacial score (nSPS) is 10.6. The molecule has 0 saturated heterocycles. The third-order valence-corrected chi connectivity index (χ3v) is 3.22. The zero-order valence-electron chi connectivity index (χ0n) is 11.5. The highest BCUT2D eigenvalue weighted by molar-refractivity contribution is 6.32. The summed E-state index contributed by atoms with van der Waals surface area (Å²) in [5.41, 5.74) is 1.67. The van der Waals surface area contributed by atoms with Crippen molar-refractivity contribution in [3.8, 4) is 11.5 Å². The molecule has 100 valence electrons. The van der Waals surface area contributed by atoms with Crippen molar-refractivity contribution in [3.63, 3.8) is 0 Å². The second-order valence-electron chi connectivity index (χ2n) is 4.53. The quantitative estimate of drug-likeness (QED) is 0.820. The van der Waals surface area contributed by atoms with Crippen LogP contribution in [0.2, 0.25) is 5.02 Å². The summed E-state index contributed by atoms with van der Waals surface area (Å²) in [5, 5.41) is 0.595. The van der Waals surface area contributed by atoms with E-state index in [-0.39, 0.29) is 18.1 Å².